The summed E-state index contributed by atoms with van der Waals surface area (Å²) in [6, 6.07) is 9.83. The smallest absolute Gasteiger partial charge is 0.278 e. The molecule has 3 N–H and O–H groups in total. The number of nitrogens with one attached hydrogen (secondary N) is 1. The van der Waals surface area contributed by atoms with E-state index in [9.17, 15) is 8.42 Å². The summed E-state index contributed by atoms with van der Waals surface area (Å²) in [6.07, 6.45) is 7.79. The number of nitrogen functional groups attached to an aromatic ring is 1. The summed E-state index contributed by atoms with van der Waals surface area (Å²) in [5.41, 5.74) is 10.5. The maximum Gasteiger partial charge on any atom is 0.278 e. The molecule has 0 spiro atoms. The topological polar surface area (TPSA) is 153 Å². The highest BCUT2D eigenvalue weighted by atomic mass is 79.9. The molecule has 0 amide bonds. The molecule has 184 valence electrons. The van der Waals surface area contributed by atoms with Crippen molar-refractivity contribution in [1.82, 2.24) is 43.9 Å². The van der Waals surface area contributed by atoms with Crippen molar-refractivity contribution in [1.29, 1.82) is 0 Å². The summed E-state index contributed by atoms with van der Waals surface area (Å²) in [5.74, 6) is 0.455. The van der Waals surface area contributed by atoms with E-state index >= 15 is 0 Å². The first-order chi connectivity index (χ1) is 17.4. The molecule has 12 nitrogen and oxygen atoms in total. The summed E-state index contributed by atoms with van der Waals surface area (Å²) in [4.78, 5) is 8.76. The Bertz CT molecular complexity index is 1640. The van der Waals surface area contributed by atoms with Gasteiger partial charge in [0.2, 0.25) is 0 Å². The zero-order chi connectivity index (χ0) is 24.9. The predicted molar refractivity (Wildman–Crippen MR) is 135 cm³/mol. The summed E-state index contributed by atoms with van der Waals surface area (Å²) in [6.45, 7) is 0.672. The number of hydrogen-bond acceptors (Lipinski definition) is 8. The van der Waals surface area contributed by atoms with Crippen LogP contribution < -0.4 is 5.73 Å². The molecule has 5 aromatic rings. The molecule has 14 heteroatoms. The van der Waals surface area contributed by atoms with Crippen LogP contribution in [0.2, 0.25) is 0 Å². The lowest BCUT2D eigenvalue weighted by Crippen LogP contribution is -2.38. The molecule has 0 bridgehead atoms. The van der Waals surface area contributed by atoms with E-state index in [0.717, 1.165) is 22.5 Å². The van der Waals surface area contributed by atoms with Gasteiger partial charge in [-0.25, -0.2) is 28.2 Å². The molecular formula is C22H21BrN10O2S. The molecule has 0 aliphatic carbocycles. The highest BCUT2D eigenvalue weighted by Gasteiger charge is 2.33. The van der Waals surface area contributed by atoms with Gasteiger partial charge in [-0.05, 0) is 40.9 Å². The van der Waals surface area contributed by atoms with Gasteiger partial charge in [0.15, 0.2) is 5.65 Å². The molecular weight excluding hydrogens is 548 g/mol. The van der Waals surface area contributed by atoms with Gasteiger partial charge in [-0.1, -0.05) is 18.2 Å². The van der Waals surface area contributed by atoms with Gasteiger partial charge >= 0.3 is 0 Å². The van der Waals surface area contributed by atoms with Gasteiger partial charge in [-0.2, -0.15) is 24.1 Å². The average molecular weight is 569 g/mol. The first-order valence-corrected chi connectivity index (χ1v) is 13.5. The Morgan fingerprint density at radius 3 is 2.58 bits per heavy atom. The van der Waals surface area contributed by atoms with Gasteiger partial charge in [-0.3, -0.25) is 0 Å². The molecule has 1 fully saturated rings. The van der Waals surface area contributed by atoms with Crippen LogP contribution in [0.3, 0.4) is 0 Å². The third-order valence-corrected chi connectivity index (χ3v) is 8.92. The van der Waals surface area contributed by atoms with Crippen LogP contribution in [0.1, 0.15) is 24.5 Å². The highest BCUT2D eigenvalue weighted by molar-refractivity contribution is 9.10. The summed E-state index contributed by atoms with van der Waals surface area (Å²) >= 11 is 3.60. The van der Waals surface area contributed by atoms with Crippen LogP contribution in [0.4, 0.5) is 5.82 Å². The number of halogens is 1. The Labute approximate surface area is 214 Å². The number of sulfonamides is 1. The van der Waals surface area contributed by atoms with Crippen LogP contribution in [-0.4, -0.2) is 65.4 Å². The molecule has 5 heterocycles. The van der Waals surface area contributed by atoms with Gasteiger partial charge in [0, 0.05) is 36.3 Å². The van der Waals surface area contributed by atoms with Gasteiger partial charge in [-0.15, -0.1) is 0 Å². The zero-order valence-electron chi connectivity index (χ0n) is 18.9. The predicted octanol–water partition coefficient (Wildman–Crippen LogP) is 2.61. The van der Waals surface area contributed by atoms with Crippen LogP contribution in [0.5, 0.6) is 0 Å². The number of para-hydroxylation sites is 1. The second kappa shape index (κ2) is 8.80. The lowest BCUT2D eigenvalue weighted by atomic mass is 9.94. The van der Waals surface area contributed by atoms with E-state index in [1.54, 1.807) is 21.6 Å². The number of benzene rings is 1. The van der Waals surface area contributed by atoms with Crippen LogP contribution >= 0.6 is 15.9 Å². The van der Waals surface area contributed by atoms with Crippen molar-refractivity contribution in [2.24, 2.45) is 0 Å². The molecule has 0 atom stereocenters. The number of fused-ring (bicyclic) bond motifs is 1. The fraction of sp³-hybridized carbons (Fsp3) is 0.227. The monoisotopic (exact) mass is 568 g/mol. The van der Waals surface area contributed by atoms with Crippen molar-refractivity contribution < 1.29 is 8.42 Å². The average Bonchev–Trinajstić information content (AvgIpc) is 3.67. The number of hydrogen-bond donors (Lipinski definition) is 2. The van der Waals surface area contributed by atoms with Crippen LogP contribution in [0.15, 0.2) is 64.9 Å². The van der Waals surface area contributed by atoms with E-state index in [4.69, 9.17) is 10.7 Å². The number of aromatic nitrogens is 8. The van der Waals surface area contributed by atoms with Crippen molar-refractivity contribution in [2.45, 2.75) is 23.9 Å². The van der Waals surface area contributed by atoms with Crippen molar-refractivity contribution in [3.8, 4) is 16.8 Å². The van der Waals surface area contributed by atoms with E-state index in [1.165, 1.54) is 10.6 Å². The number of H-pyrrole nitrogens is 1. The van der Waals surface area contributed by atoms with E-state index in [2.05, 4.69) is 41.3 Å². The number of anilines is 1. The Morgan fingerprint density at radius 2 is 1.86 bits per heavy atom. The number of aromatic amines is 1. The van der Waals surface area contributed by atoms with E-state index in [1.807, 2.05) is 36.5 Å². The Morgan fingerprint density at radius 1 is 1.08 bits per heavy atom. The molecule has 0 unspecified atom stereocenters. The van der Waals surface area contributed by atoms with Crippen LogP contribution in [0.25, 0.3) is 22.5 Å². The Balaban J connectivity index is 1.31. The maximum absolute atomic E-state index is 12.8. The van der Waals surface area contributed by atoms with Crippen LogP contribution in [0, 0.1) is 0 Å². The zero-order valence-corrected chi connectivity index (χ0v) is 21.3. The van der Waals surface area contributed by atoms with Crippen molar-refractivity contribution in [3.63, 3.8) is 0 Å². The second-order valence-corrected chi connectivity index (χ2v) is 11.1. The Kier molecular flexibility index (Phi) is 5.58. The quantitative estimate of drug-likeness (QED) is 0.328. The van der Waals surface area contributed by atoms with Gasteiger partial charge in [0.25, 0.3) is 15.2 Å². The largest absolute Gasteiger partial charge is 0.383 e. The molecule has 0 radical (unpaired) electrons. The third-order valence-electron chi connectivity index (χ3n) is 6.38. The minimum absolute atomic E-state index is 0.0163. The molecule has 1 aliphatic heterocycles. The summed E-state index contributed by atoms with van der Waals surface area (Å²) in [7, 11) is -3.71. The molecule has 4 aromatic heterocycles. The fourth-order valence-electron chi connectivity index (χ4n) is 4.48. The second-order valence-electron chi connectivity index (χ2n) is 8.47. The standard InChI is InChI=1S/C22H21BrN10O2S/c23-18-19(14-6-8-31(9-7-14)36(34,35)22-25-13-26-30-22)29-21-17(11-28-33(21)20(18)24)15-10-27-32(12-15)16-4-2-1-3-5-16/h1-5,10-14H,6-9,24H2,(H,25,26,30). The number of rotatable bonds is 5. The van der Waals surface area contributed by atoms with E-state index in [0.29, 0.717) is 41.9 Å². The minimum Gasteiger partial charge on any atom is -0.383 e. The third kappa shape index (κ3) is 3.77. The van der Waals surface area contributed by atoms with Crippen LogP contribution in [-0.2, 0) is 10.0 Å². The lowest BCUT2D eigenvalue weighted by molar-refractivity contribution is 0.314. The summed E-state index contributed by atoms with van der Waals surface area (Å²) in [5, 5.41) is 14.9. The molecule has 1 saturated heterocycles. The minimum atomic E-state index is -3.71. The van der Waals surface area contributed by atoms with E-state index in [-0.39, 0.29) is 11.1 Å². The van der Waals surface area contributed by atoms with Crippen molar-refractivity contribution >= 4 is 37.4 Å². The highest BCUT2D eigenvalue weighted by Crippen LogP contribution is 2.37. The Hall–Kier alpha value is -3.62. The molecule has 6 rings (SSSR count). The number of piperidine rings is 1. The molecule has 1 aliphatic rings. The number of nitrogens with two attached hydrogens (primary N) is 1. The van der Waals surface area contributed by atoms with Gasteiger partial charge in [0.1, 0.15) is 12.1 Å². The van der Waals surface area contributed by atoms with E-state index < -0.39 is 10.0 Å². The fourth-order valence-corrected chi connectivity index (χ4v) is 6.35. The van der Waals surface area contributed by atoms with Gasteiger partial charge in [0.05, 0.1) is 28.2 Å². The molecule has 1 aromatic carbocycles. The molecule has 36 heavy (non-hydrogen) atoms. The lowest BCUT2D eigenvalue weighted by Gasteiger charge is -2.30. The van der Waals surface area contributed by atoms with Crippen molar-refractivity contribution in [2.75, 3.05) is 18.8 Å². The SMILES string of the molecule is Nc1c(Br)c(C2CCN(S(=O)(=O)c3ncn[nH]3)CC2)nc2c(-c3cnn(-c4ccccc4)c3)cnn12. The van der Waals surface area contributed by atoms with Gasteiger partial charge < -0.3 is 5.73 Å². The first-order valence-electron chi connectivity index (χ1n) is 11.2. The van der Waals surface area contributed by atoms with Crippen molar-refractivity contribution in [3.05, 3.63) is 65.4 Å². The first kappa shape index (κ1) is 22.8. The summed E-state index contributed by atoms with van der Waals surface area (Å²) < 4.78 is 31.1. The normalized spacial score (nSPS) is 15.6. The number of nitrogens with zero attached hydrogens (tertiary/aromatic N) is 8. The maximum atomic E-state index is 12.8. The molecule has 0 saturated carbocycles.